The molecule has 2 fully saturated rings. The van der Waals surface area contributed by atoms with Crippen molar-refractivity contribution in [2.24, 2.45) is 0 Å². The molecule has 210 valence electrons. The van der Waals surface area contributed by atoms with Crippen LogP contribution in [0, 0.1) is 5.82 Å². The molecule has 1 aromatic carbocycles. The number of rotatable bonds is 4. The van der Waals surface area contributed by atoms with Crippen molar-refractivity contribution in [2.45, 2.75) is 76.0 Å². The third-order valence-corrected chi connectivity index (χ3v) is 8.32. The smallest absolute Gasteiger partial charge is 0.231 e. The van der Waals surface area contributed by atoms with Crippen molar-refractivity contribution >= 4 is 48.1 Å². The second-order valence-corrected chi connectivity index (χ2v) is 11.9. The van der Waals surface area contributed by atoms with Crippen LogP contribution in [0.15, 0.2) is 24.5 Å². The van der Waals surface area contributed by atoms with Gasteiger partial charge in [0.15, 0.2) is 0 Å². The Labute approximate surface area is 241 Å². The summed E-state index contributed by atoms with van der Waals surface area (Å²) < 4.78 is 15.1. The molecule has 0 radical (unpaired) electrons. The van der Waals surface area contributed by atoms with Crippen LogP contribution >= 0.6 is 36.4 Å². The lowest BCUT2D eigenvalue weighted by molar-refractivity contribution is -0.133. The van der Waals surface area contributed by atoms with Gasteiger partial charge in [-0.2, -0.15) is 0 Å². The van der Waals surface area contributed by atoms with Crippen molar-refractivity contribution in [3.63, 3.8) is 0 Å². The average molecular weight is 589 g/mol. The first-order valence-corrected chi connectivity index (χ1v) is 13.2. The summed E-state index contributed by atoms with van der Waals surface area (Å²) in [4.78, 5) is 26.9. The summed E-state index contributed by atoms with van der Waals surface area (Å²) in [6, 6.07) is 4.46. The number of nitrogens with one attached hydrogen (secondary N) is 1. The van der Waals surface area contributed by atoms with Crippen LogP contribution < -0.4 is 10.2 Å². The van der Waals surface area contributed by atoms with E-state index in [9.17, 15) is 9.90 Å². The maximum Gasteiger partial charge on any atom is 0.231 e. The Kier molecular flexibility index (Phi) is 9.26. The number of carbonyl (C=O) groups is 1. The van der Waals surface area contributed by atoms with Gasteiger partial charge >= 0.3 is 0 Å². The lowest BCUT2D eigenvalue weighted by Gasteiger charge is -2.39. The molecule has 11 heteroatoms. The zero-order valence-corrected chi connectivity index (χ0v) is 24.6. The molecule has 0 saturated carbocycles. The lowest BCUT2D eigenvalue weighted by Crippen LogP contribution is -2.53. The van der Waals surface area contributed by atoms with E-state index in [1.165, 1.54) is 12.4 Å². The summed E-state index contributed by atoms with van der Waals surface area (Å²) in [5.41, 5.74) is 1.04. The molecule has 5 rings (SSSR count). The van der Waals surface area contributed by atoms with Crippen LogP contribution in [-0.4, -0.2) is 63.6 Å². The minimum atomic E-state index is -0.956. The van der Waals surface area contributed by atoms with E-state index in [1.807, 2.05) is 4.90 Å². The van der Waals surface area contributed by atoms with Crippen LogP contribution in [-0.2, 0) is 10.4 Å². The third kappa shape index (κ3) is 5.75. The van der Waals surface area contributed by atoms with E-state index >= 15 is 4.39 Å². The molecule has 2 saturated heterocycles. The van der Waals surface area contributed by atoms with Crippen molar-refractivity contribution < 1.29 is 14.3 Å². The fourth-order valence-electron chi connectivity index (χ4n) is 6.34. The second-order valence-electron chi connectivity index (χ2n) is 11.5. The Hall–Kier alpha value is -1.71. The van der Waals surface area contributed by atoms with Gasteiger partial charge in [0.05, 0.1) is 11.6 Å². The van der Waals surface area contributed by atoms with Crippen molar-refractivity contribution in [2.75, 3.05) is 31.1 Å². The van der Waals surface area contributed by atoms with Crippen LogP contribution in [0.2, 0.25) is 5.02 Å². The molecule has 2 aliphatic heterocycles. The van der Waals surface area contributed by atoms with Crippen molar-refractivity contribution in [1.29, 1.82) is 0 Å². The number of anilines is 1. The van der Waals surface area contributed by atoms with Gasteiger partial charge in [-0.15, -0.1) is 24.8 Å². The first-order valence-electron chi connectivity index (χ1n) is 12.8. The topological polar surface area (TPSA) is 81.6 Å². The van der Waals surface area contributed by atoms with Crippen molar-refractivity contribution in [3.8, 4) is 0 Å². The Balaban J connectivity index is 0.00000200. The van der Waals surface area contributed by atoms with Gasteiger partial charge in [0.2, 0.25) is 5.91 Å². The van der Waals surface area contributed by atoms with Crippen molar-refractivity contribution in [3.05, 3.63) is 52.2 Å². The molecule has 1 aliphatic carbocycles. The van der Waals surface area contributed by atoms with E-state index in [1.54, 1.807) is 19.1 Å². The molecular formula is C27H37Cl3FN5O2. The molecule has 2 aromatic rings. The number of aliphatic hydroxyl groups is 1. The number of aromatic nitrogens is 2. The second kappa shape index (κ2) is 11.4. The number of hydrogen-bond acceptors (Lipinski definition) is 6. The maximum atomic E-state index is 15.1. The number of carbonyl (C=O) groups excluding carboxylic acids is 1. The highest BCUT2D eigenvalue weighted by molar-refractivity contribution is 6.30. The van der Waals surface area contributed by atoms with Crippen molar-refractivity contribution in [1.82, 2.24) is 20.2 Å². The van der Waals surface area contributed by atoms with Gasteiger partial charge in [-0.3, -0.25) is 4.79 Å². The molecular weight excluding hydrogens is 552 g/mol. The highest BCUT2D eigenvalue weighted by Gasteiger charge is 2.43. The standard InChI is InChI=1S/C27H35ClFN5O2.2ClH/c1-16-14-27(4,36)23-21(16)24(31-15-30-23)33-9-11-34(12-10-33)25(35)22(20-7-8-26(2,3)32-20)18-6-5-17(28)13-19(18)29;;/h5-6,13,15-16,20,22,32,36H,7-12,14H2,1-4H3;2*1H/t16-,20?,22?,27-;;/m1../s1. The molecule has 3 heterocycles. The molecule has 38 heavy (non-hydrogen) atoms. The average Bonchev–Trinajstić information content (AvgIpc) is 3.30. The number of piperazine rings is 1. The molecule has 2 unspecified atom stereocenters. The number of fused-ring (bicyclic) bond motifs is 1. The van der Waals surface area contributed by atoms with E-state index < -0.39 is 17.3 Å². The number of halogens is 4. The van der Waals surface area contributed by atoms with E-state index in [4.69, 9.17) is 11.6 Å². The number of hydrogen-bond donors (Lipinski definition) is 2. The normalized spacial score (nSPS) is 26.8. The Morgan fingerprint density at radius 2 is 1.87 bits per heavy atom. The zero-order chi connectivity index (χ0) is 25.8. The van der Waals surface area contributed by atoms with Crippen LogP contribution in [0.25, 0.3) is 0 Å². The maximum absolute atomic E-state index is 15.1. The third-order valence-electron chi connectivity index (χ3n) is 8.08. The molecule has 4 atom stereocenters. The molecule has 0 bridgehead atoms. The van der Waals surface area contributed by atoms with E-state index in [0.717, 1.165) is 24.2 Å². The highest BCUT2D eigenvalue weighted by atomic mass is 35.5. The van der Waals surface area contributed by atoms with Crippen LogP contribution in [0.5, 0.6) is 0 Å². The van der Waals surface area contributed by atoms with E-state index in [-0.39, 0.29) is 48.2 Å². The minimum absolute atomic E-state index is 0. The number of benzene rings is 1. The Morgan fingerprint density at radius 1 is 1.18 bits per heavy atom. The lowest BCUT2D eigenvalue weighted by atomic mass is 9.88. The first-order chi connectivity index (χ1) is 17.0. The quantitative estimate of drug-likeness (QED) is 0.535. The molecule has 1 aromatic heterocycles. The Morgan fingerprint density at radius 3 is 2.47 bits per heavy atom. The number of nitrogens with zero attached hydrogens (tertiary/aromatic N) is 4. The minimum Gasteiger partial charge on any atom is -0.384 e. The van der Waals surface area contributed by atoms with Gasteiger partial charge < -0.3 is 20.2 Å². The van der Waals surface area contributed by atoms with Gasteiger partial charge in [-0.05, 0) is 58.1 Å². The Bertz CT molecular complexity index is 1170. The summed E-state index contributed by atoms with van der Waals surface area (Å²) in [5, 5.41) is 14.7. The van der Waals surface area contributed by atoms with Crippen LogP contribution in [0.1, 0.15) is 75.6 Å². The molecule has 0 spiro atoms. The number of amides is 1. The largest absolute Gasteiger partial charge is 0.384 e. The van der Waals surface area contributed by atoms with E-state index in [2.05, 4.69) is 41.0 Å². The predicted molar refractivity (Wildman–Crippen MR) is 152 cm³/mol. The monoisotopic (exact) mass is 587 g/mol. The molecule has 3 aliphatic rings. The fraction of sp³-hybridized carbons (Fsp3) is 0.593. The SMILES string of the molecule is C[C@@H]1C[C@@](C)(O)c2ncnc(N3CCN(C(=O)C(c4ccc(Cl)cc4F)C4CCC(C)(C)N4)CC3)c21.Cl.Cl. The molecule has 7 nitrogen and oxygen atoms in total. The fourth-order valence-corrected chi connectivity index (χ4v) is 6.50. The summed E-state index contributed by atoms with van der Waals surface area (Å²) >= 11 is 6.01. The van der Waals surface area contributed by atoms with Gasteiger partial charge in [-0.1, -0.05) is 24.6 Å². The summed E-state index contributed by atoms with van der Waals surface area (Å²) in [5.74, 6) is -0.121. The van der Waals surface area contributed by atoms with Gasteiger partial charge in [0, 0.05) is 53.9 Å². The van der Waals surface area contributed by atoms with E-state index in [0.29, 0.717) is 48.9 Å². The van der Waals surface area contributed by atoms with Gasteiger partial charge in [-0.25, -0.2) is 14.4 Å². The van der Waals surface area contributed by atoms with Crippen LogP contribution in [0.3, 0.4) is 0 Å². The first kappa shape index (κ1) is 30.8. The predicted octanol–water partition coefficient (Wildman–Crippen LogP) is 4.79. The summed E-state index contributed by atoms with van der Waals surface area (Å²) in [6.07, 6.45) is 3.86. The highest BCUT2D eigenvalue weighted by Crippen LogP contribution is 2.46. The van der Waals surface area contributed by atoms with Gasteiger partial charge in [0.25, 0.3) is 0 Å². The van der Waals surface area contributed by atoms with Gasteiger partial charge in [0.1, 0.15) is 23.6 Å². The van der Waals surface area contributed by atoms with Crippen LogP contribution in [0.4, 0.5) is 10.2 Å². The molecule has 2 N–H and O–H groups in total. The zero-order valence-electron chi connectivity index (χ0n) is 22.2. The molecule has 1 amide bonds. The summed E-state index contributed by atoms with van der Waals surface area (Å²) in [6.45, 7) is 10.4. The summed E-state index contributed by atoms with van der Waals surface area (Å²) in [7, 11) is 0.